The van der Waals surface area contributed by atoms with Gasteiger partial charge in [-0.25, -0.2) is 0 Å². The van der Waals surface area contributed by atoms with Gasteiger partial charge in [-0.15, -0.1) is 0 Å². The lowest BCUT2D eigenvalue weighted by atomic mass is 10.0. The van der Waals surface area contributed by atoms with Crippen molar-refractivity contribution in [2.75, 3.05) is 13.2 Å². The van der Waals surface area contributed by atoms with E-state index < -0.39 is 0 Å². The smallest absolute Gasteiger partial charge is 0.119 e. The van der Waals surface area contributed by atoms with Crippen molar-refractivity contribution < 1.29 is 9.47 Å². The van der Waals surface area contributed by atoms with Crippen LogP contribution in [-0.4, -0.2) is 19.3 Å². The van der Waals surface area contributed by atoms with Crippen molar-refractivity contribution in [3.8, 4) is 5.75 Å². The number of ether oxygens (including phenoxy) is 2. The molecule has 3 nitrogen and oxygen atoms in total. The quantitative estimate of drug-likeness (QED) is 0.721. The highest BCUT2D eigenvalue weighted by atomic mass is 16.5. The van der Waals surface area contributed by atoms with Crippen LogP contribution in [0.25, 0.3) is 0 Å². The molecule has 0 heterocycles. The van der Waals surface area contributed by atoms with Crippen LogP contribution < -0.4 is 10.5 Å². The van der Waals surface area contributed by atoms with E-state index in [0.29, 0.717) is 0 Å². The molecular weight excluding hydrogens is 226 g/mol. The fourth-order valence-electron chi connectivity index (χ4n) is 1.78. The van der Waals surface area contributed by atoms with Gasteiger partial charge in [-0.3, -0.25) is 0 Å². The molecule has 1 rings (SSSR count). The van der Waals surface area contributed by atoms with E-state index >= 15 is 0 Å². The van der Waals surface area contributed by atoms with Crippen molar-refractivity contribution in [3.05, 3.63) is 29.8 Å². The number of nitrogens with two attached hydrogens (primary N) is 1. The van der Waals surface area contributed by atoms with Crippen molar-refractivity contribution in [1.29, 1.82) is 0 Å². The van der Waals surface area contributed by atoms with Crippen LogP contribution in [0.4, 0.5) is 0 Å². The molecule has 1 unspecified atom stereocenters. The van der Waals surface area contributed by atoms with Crippen LogP contribution in [0.5, 0.6) is 5.75 Å². The standard InChI is InChI=1S/C15H25NO2/c1-4-17-11-5-6-15(16)13-7-9-14(10-8-13)18-12(2)3/h7-10,12,15H,4-6,11,16H2,1-3H3. The lowest BCUT2D eigenvalue weighted by molar-refractivity contribution is 0.142. The summed E-state index contributed by atoms with van der Waals surface area (Å²) < 4.78 is 10.9. The number of rotatable bonds is 8. The van der Waals surface area contributed by atoms with Gasteiger partial charge in [0.15, 0.2) is 0 Å². The Hall–Kier alpha value is -1.06. The summed E-state index contributed by atoms with van der Waals surface area (Å²) >= 11 is 0. The van der Waals surface area contributed by atoms with Gasteiger partial charge in [0, 0.05) is 19.3 Å². The molecule has 2 N–H and O–H groups in total. The molecule has 0 fully saturated rings. The van der Waals surface area contributed by atoms with E-state index in [9.17, 15) is 0 Å². The third kappa shape index (κ3) is 5.52. The highest BCUT2D eigenvalue weighted by Crippen LogP contribution is 2.20. The number of hydrogen-bond acceptors (Lipinski definition) is 3. The van der Waals surface area contributed by atoms with Crippen molar-refractivity contribution >= 4 is 0 Å². The minimum absolute atomic E-state index is 0.0820. The normalized spacial score (nSPS) is 12.7. The molecular formula is C15H25NO2. The van der Waals surface area contributed by atoms with Gasteiger partial charge in [0.2, 0.25) is 0 Å². The van der Waals surface area contributed by atoms with Crippen LogP contribution in [-0.2, 0) is 4.74 Å². The Bertz CT molecular complexity index is 322. The second-order valence-electron chi connectivity index (χ2n) is 4.68. The summed E-state index contributed by atoms with van der Waals surface area (Å²) in [7, 11) is 0. The first kappa shape index (κ1) is 15.0. The van der Waals surface area contributed by atoms with Crippen molar-refractivity contribution in [1.82, 2.24) is 0 Å². The van der Waals surface area contributed by atoms with E-state index in [4.69, 9.17) is 15.2 Å². The molecule has 0 radical (unpaired) electrons. The third-order valence-electron chi connectivity index (χ3n) is 2.69. The summed E-state index contributed by atoms with van der Waals surface area (Å²) in [6, 6.07) is 8.14. The largest absolute Gasteiger partial charge is 0.491 e. The van der Waals surface area contributed by atoms with Crippen molar-refractivity contribution in [2.24, 2.45) is 5.73 Å². The summed E-state index contributed by atoms with van der Waals surface area (Å²) in [6.45, 7) is 7.61. The molecule has 1 aromatic carbocycles. The Morgan fingerprint density at radius 2 is 1.83 bits per heavy atom. The van der Waals surface area contributed by atoms with Gasteiger partial charge in [0.25, 0.3) is 0 Å². The van der Waals surface area contributed by atoms with E-state index in [1.807, 2.05) is 45.0 Å². The topological polar surface area (TPSA) is 44.5 Å². The third-order valence-corrected chi connectivity index (χ3v) is 2.69. The molecule has 0 aliphatic carbocycles. The molecule has 0 spiro atoms. The molecule has 0 saturated carbocycles. The second kappa shape index (κ2) is 8.11. The van der Waals surface area contributed by atoms with E-state index in [0.717, 1.165) is 37.4 Å². The zero-order chi connectivity index (χ0) is 13.4. The van der Waals surface area contributed by atoms with Crippen LogP contribution in [0.1, 0.15) is 45.2 Å². The molecule has 1 atom stereocenters. The molecule has 0 amide bonds. The van der Waals surface area contributed by atoms with Crippen LogP contribution in [0, 0.1) is 0 Å². The lowest BCUT2D eigenvalue weighted by Gasteiger charge is -2.14. The van der Waals surface area contributed by atoms with E-state index in [1.165, 1.54) is 0 Å². The van der Waals surface area contributed by atoms with Crippen LogP contribution in [0.15, 0.2) is 24.3 Å². The zero-order valence-corrected chi connectivity index (χ0v) is 11.7. The van der Waals surface area contributed by atoms with E-state index in [-0.39, 0.29) is 12.1 Å². The van der Waals surface area contributed by atoms with E-state index in [2.05, 4.69) is 0 Å². The highest BCUT2D eigenvalue weighted by Gasteiger charge is 2.06. The Labute approximate surface area is 110 Å². The van der Waals surface area contributed by atoms with Gasteiger partial charge in [0.05, 0.1) is 6.10 Å². The van der Waals surface area contributed by atoms with Crippen molar-refractivity contribution in [2.45, 2.75) is 45.8 Å². The zero-order valence-electron chi connectivity index (χ0n) is 11.7. The van der Waals surface area contributed by atoms with Gasteiger partial charge in [-0.2, -0.15) is 0 Å². The molecule has 102 valence electrons. The highest BCUT2D eigenvalue weighted by molar-refractivity contribution is 5.29. The first-order valence-electron chi connectivity index (χ1n) is 6.73. The lowest BCUT2D eigenvalue weighted by Crippen LogP contribution is -2.11. The molecule has 0 saturated heterocycles. The fraction of sp³-hybridized carbons (Fsp3) is 0.600. The minimum atomic E-state index is 0.0820. The average Bonchev–Trinajstić information content (AvgIpc) is 2.34. The minimum Gasteiger partial charge on any atom is -0.491 e. The second-order valence-corrected chi connectivity index (χ2v) is 4.68. The number of benzene rings is 1. The molecule has 1 aromatic rings. The van der Waals surface area contributed by atoms with Crippen molar-refractivity contribution in [3.63, 3.8) is 0 Å². The van der Waals surface area contributed by atoms with Gasteiger partial charge < -0.3 is 15.2 Å². The Morgan fingerprint density at radius 3 is 2.39 bits per heavy atom. The van der Waals surface area contributed by atoms with Crippen LogP contribution >= 0.6 is 0 Å². The fourth-order valence-corrected chi connectivity index (χ4v) is 1.78. The maximum Gasteiger partial charge on any atom is 0.119 e. The summed E-state index contributed by atoms with van der Waals surface area (Å²) in [5.74, 6) is 0.898. The predicted molar refractivity (Wildman–Crippen MR) is 74.9 cm³/mol. The number of hydrogen-bond donors (Lipinski definition) is 1. The van der Waals surface area contributed by atoms with Gasteiger partial charge in [-0.1, -0.05) is 12.1 Å². The van der Waals surface area contributed by atoms with Crippen LogP contribution in [0.2, 0.25) is 0 Å². The molecule has 18 heavy (non-hydrogen) atoms. The summed E-state index contributed by atoms with van der Waals surface area (Å²) in [4.78, 5) is 0. The maximum absolute atomic E-state index is 6.13. The first-order valence-corrected chi connectivity index (χ1v) is 6.73. The summed E-state index contributed by atoms with van der Waals surface area (Å²) in [5, 5.41) is 0. The maximum atomic E-state index is 6.13. The molecule has 0 aromatic heterocycles. The first-order chi connectivity index (χ1) is 8.63. The Kier molecular flexibility index (Phi) is 6.76. The SMILES string of the molecule is CCOCCCC(N)c1ccc(OC(C)C)cc1. The molecule has 0 aliphatic rings. The Balaban J connectivity index is 2.41. The summed E-state index contributed by atoms with van der Waals surface area (Å²) in [6.07, 6.45) is 2.15. The van der Waals surface area contributed by atoms with Gasteiger partial charge >= 0.3 is 0 Å². The molecule has 0 aliphatic heterocycles. The van der Waals surface area contributed by atoms with Gasteiger partial charge in [0.1, 0.15) is 5.75 Å². The predicted octanol–water partition coefficient (Wildman–Crippen LogP) is 3.29. The molecule has 0 bridgehead atoms. The van der Waals surface area contributed by atoms with Crippen LogP contribution in [0.3, 0.4) is 0 Å². The average molecular weight is 251 g/mol. The van der Waals surface area contributed by atoms with E-state index in [1.54, 1.807) is 0 Å². The van der Waals surface area contributed by atoms with Gasteiger partial charge in [-0.05, 0) is 51.3 Å². The molecule has 3 heteroatoms. The summed E-state index contributed by atoms with van der Waals surface area (Å²) in [5.41, 5.74) is 7.29. The Morgan fingerprint density at radius 1 is 1.17 bits per heavy atom. The monoisotopic (exact) mass is 251 g/mol.